The molecule has 2 heterocycles. The minimum atomic E-state index is -0.844. The molecule has 0 radical (unpaired) electrons. The van der Waals surface area contributed by atoms with Gasteiger partial charge in [0.05, 0.1) is 18.6 Å². The van der Waals surface area contributed by atoms with Gasteiger partial charge in [0.1, 0.15) is 6.04 Å². The summed E-state index contributed by atoms with van der Waals surface area (Å²) in [7, 11) is 0. The predicted octanol–water partition coefficient (Wildman–Crippen LogP) is 2.64. The molecule has 0 unspecified atom stereocenters. The molecule has 1 aromatic heterocycles. The highest BCUT2D eigenvalue weighted by atomic mass is 16.5. The topological polar surface area (TPSA) is 115 Å². The SMILES string of the molecule is CCOC(=O)c1ccc(NC(=O)[C@@H]2CC(=O)Nc3nc(-c4ccccc4)nn32)cc1. The van der Waals surface area contributed by atoms with Crippen LogP contribution < -0.4 is 10.6 Å². The van der Waals surface area contributed by atoms with E-state index in [4.69, 9.17) is 4.74 Å². The van der Waals surface area contributed by atoms with E-state index in [-0.39, 0.29) is 24.9 Å². The van der Waals surface area contributed by atoms with E-state index in [2.05, 4.69) is 20.7 Å². The number of carbonyl (C=O) groups is 3. The van der Waals surface area contributed by atoms with Crippen molar-refractivity contribution in [3.05, 3.63) is 60.2 Å². The third-order valence-electron chi connectivity index (χ3n) is 4.55. The second kappa shape index (κ2) is 8.16. The summed E-state index contributed by atoms with van der Waals surface area (Å²) in [6.45, 7) is 2.01. The fourth-order valence-corrected chi connectivity index (χ4v) is 3.11. The molecule has 4 rings (SSSR count). The highest BCUT2D eigenvalue weighted by molar-refractivity contribution is 6.01. The molecule has 0 bridgehead atoms. The summed E-state index contributed by atoms with van der Waals surface area (Å²) in [4.78, 5) is 41.1. The van der Waals surface area contributed by atoms with Crippen molar-refractivity contribution in [2.24, 2.45) is 0 Å². The standard InChI is InChI=1S/C21H19N5O4/c1-2-30-20(29)14-8-10-15(11-9-14)22-19(28)16-12-17(27)23-21-24-18(25-26(16)21)13-6-4-3-5-7-13/h3-11,16H,2,12H2,1H3,(H,22,28)(H,23,24,25,27)/t16-/m0/s1. The van der Waals surface area contributed by atoms with Crippen molar-refractivity contribution in [1.29, 1.82) is 0 Å². The van der Waals surface area contributed by atoms with Gasteiger partial charge in [-0.25, -0.2) is 9.48 Å². The Kier molecular flexibility index (Phi) is 5.25. The van der Waals surface area contributed by atoms with Gasteiger partial charge in [-0.2, -0.15) is 4.98 Å². The molecule has 0 saturated heterocycles. The first-order chi connectivity index (χ1) is 14.5. The maximum Gasteiger partial charge on any atom is 0.338 e. The molecule has 1 atom stereocenters. The molecule has 2 N–H and O–H groups in total. The van der Waals surface area contributed by atoms with Gasteiger partial charge >= 0.3 is 5.97 Å². The summed E-state index contributed by atoms with van der Waals surface area (Å²) in [5.74, 6) is -0.501. The first kappa shape index (κ1) is 19.3. The molecule has 1 aliphatic rings. The highest BCUT2D eigenvalue weighted by Crippen LogP contribution is 2.27. The molecule has 2 aromatic carbocycles. The Hall–Kier alpha value is -4.01. The van der Waals surface area contributed by atoms with Crippen LogP contribution >= 0.6 is 0 Å². The number of benzene rings is 2. The molecule has 0 aliphatic carbocycles. The van der Waals surface area contributed by atoms with Crippen LogP contribution in [-0.4, -0.2) is 39.2 Å². The predicted molar refractivity (Wildman–Crippen MR) is 109 cm³/mol. The van der Waals surface area contributed by atoms with Gasteiger partial charge in [0.15, 0.2) is 5.82 Å². The molecule has 0 saturated carbocycles. The van der Waals surface area contributed by atoms with Crippen molar-refractivity contribution in [2.75, 3.05) is 17.2 Å². The van der Waals surface area contributed by atoms with E-state index < -0.39 is 17.9 Å². The van der Waals surface area contributed by atoms with E-state index in [9.17, 15) is 14.4 Å². The Labute approximate surface area is 172 Å². The molecule has 3 aromatic rings. The van der Waals surface area contributed by atoms with Crippen LogP contribution in [0.3, 0.4) is 0 Å². The quantitative estimate of drug-likeness (QED) is 0.631. The lowest BCUT2D eigenvalue weighted by molar-refractivity contribution is -0.125. The van der Waals surface area contributed by atoms with Crippen LogP contribution in [0.1, 0.15) is 29.7 Å². The molecule has 9 nitrogen and oxygen atoms in total. The molecule has 1 aliphatic heterocycles. The van der Waals surface area contributed by atoms with Crippen LogP contribution in [-0.2, 0) is 14.3 Å². The van der Waals surface area contributed by atoms with Gasteiger partial charge in [0.25, 0.3) is 0 Å². The average molecular weight is 405 g/mol. The molecule has 152 valence electrons. The number of ether oxygens (including phenoxy) is 1. The van der Waals surface area contributed by atoms with Crippen molar-refractivity contribution in [3.63, 3.8) is 0 Å². The van der Waals surface area contributed by atoms with Crippen molar-refractivity contribution < 1.29 is 19.1 Å². The summed E-state index contributed by atoms with van der Waals surface area (Å²) < 4.78 is 6.37. The highest BCUT2D eigenvalue weighted by Gasteiger charge is 2.33. The number of anilines is 2. The van der Waals surface area contributed by atoms with Crippen LogP contribution in [0.15, 0.2) is 54.6 Å². The molecule has 0 fully saturated rings. The molecule has 9 heteroatoms. The normalized spacial score (nSPS) is 15.1. The Morgan fingerprint density at radius 2 is 1.90 bits per heavy atom. The molecule has 30 heavy (non-hydrogen) atoms. The van der Waals surface area contributed by atoms with E-state index in [0.717, 1.165) is 5.56 Å². The monoisotopic (exact) mass is 405 g/mol. The summed E-state index contributed by atoms with van der Waals surface area (Å²) in [6.07, 6.45) is -0.0582. The van der Waals surface area contributed by atoms with Gasteiger partial charge in [0, 0.05) is 11.3 Å². The lowest BCUT2D eigenvalue weighted by Crippen LogP contribution is -2.36. The van der Waals surface area contributed by atoms with Crippen molar-refractivity contribution in [2.45, 2.75) is 19.4 Å². The van der Waals surface area contributed by atoms with Crippen molar-refractivity contribution in [1.82, 2.24) is 14.8 Å². The number of nitrogens with zero attached hydrogens (tertiary/aromatic N) is 3. The Morgan fingerprint density at radius 3 is 2.60 bits per heavy atom. The fraction of sp³-hybridized carbons (Fsp3) is 0.190. The smallest absolute Gasteiger partial charge is 0.338 e. The number of rotatable bonds is 5. The van der Waals surface area contributed by atoms with Crippen LogP contribution in [0.2, 0.25) is 0 Å². The molecule has 0 spiro atoms. The van der Waals surface area contributed by atoms with Gasteiger partial charge in [-0.15, -0.1) is 5.10 Å². The van der Waals surface area contributed by atoms with E-state index >= 15 is 0 Å². The zero-order valence-electron chi connectivity index (χ0n) is 16.2. The van der Waals surface area contributed by atoms with Gasteiger partial charge in [-0.3, -0.25) is 14.9 Å². The largest absolute Gasteiger partial charge is 0.462 e. The van der Waals surface area contributed by atoms with E-state index in [1.165, 1.54) is 4.68 Å². The Morgan fingerprint density at radius 1 is 1.17 bits per heavy atom. The molecular weight excluding hydrogens is 386 g/mol. The minimum Gasteiger partial charge on any atom is -0.462 e. The van der Waals surface area contributed by atoms with Crippen molar-refractivity contribution >= 4 is 29.4 Å². The summed E-state index contributed by atoms with van der Waals surface area (Å²) >= 11 is 0. The number of aromatic nitrogens is 3. The zero-order valence-corrected chi connectivity index (χ0v) is 16.2. The second-order valence-corrected chi connectivity index (χ2v) is 6.62. The van der Waals surface area contributed by atoms with Gasteiger partial charge in [-0.1, -0.05) is 30.3 Å². The van der Waals surface area contributed by atoms with Crippen molar-refractivity contribution in [3.8, 4) is 11.4 Å². The second-order valence-electron chi connectivity index (χ2n) is 6.62. The first-order valence-corrected chi connectivity index (χ1v) is 9.45. The fourth-order valence-electron chi connectivity index (χ4n) is 3.11. The number of nitrogens with one attached hydrogen (secondary N) is 2. The number of amides is 2. The minimum absolute atomic E-state index is 0.0582. The maximum atomic E-state index is 12.9. The summed E-state index contributed by atoms with van der Waals surface area (Å²) in [5, 5.41) is 9.84. The lowest BCUT2D eigenvalue weighted by Gasteiger charge is -2.22. The molecule has 2 amide bonds. The zero-order chi connectivity index (χ0) is 21.1. The van der Waals surface area contributed by atoms with Gasteiger partial charge in [0.2, 0.25) is 17.8 Å². The molecular formula is C21H19N5O4. The van der Waals surface area contributed by atoms with Crippen LogP contribution in [0.4, 0.5) is 11.6 Å². The lowest BCUT2D eigenvalue weighted by atomic mass is 10.1. The number of esters is 1. The van der Waals surface area contributed by atoms with Gasteiger partial charge < -0.3 is 10.1 Å². The van der Waals surface area contributed by atoms with Crippen LogP contribution in [0, 0.1) is 0 Å². The van der Waals surface area contributed by atoms with E-state index in [1.807, 2.05) is 30.3 Å². The average Bonchev–Trinajstić information content (AvgIpc) is 3.18. The number of fused-ring (bicyclic) bond motifs is 1. The number of hydrogen-bond donors (Lipinski definition) is 2. The van der Waals surface area contributed by atoms with Crippen LogP contribution in [0.25, 0.3) is 11.4 Å². The van der Waals surface area contributed by atoms with E-state index in [0.29, 0.717) is 17.1 Å². The summed E-state index contributed by atoms with van der Waals surface area (Å²) in [5.41, 5.74) is 1.66. The Balaban J connectivity index is 1.54. The summed E-state index contributed by atoms with van der Waals surface area (Å²) in [6, 6.07) is 14.8. The Bertz CT molecular complexity index is 1090. The van der Waals surface area contributed by atoms with Gasteiger partial charge in [-0.05, 0) is 31.2 Å². The third kappa shape index (κ3) is 3.90. The van der Waals surface area contributed by atoms with E-state index in [1.54, 1.807) is 31.2 Å². The third-order valence-corrected chi connectivity index (χ3v) is 4.55. The number of hydrogen-bond acceptors (Lipinski definition) is 6. The maximum absolute atomic E-state index is 12.9. The first-order valence-electron chi connectivity index (χ1n) is 9.45. The van der Waals surface area contributed by atoms with Crippen LogP contribution in [0.5, 0.6) is 0 Å². The number of carbonyl (C=O) groups excluding carboxylic acids is 3.